The number of rotatable bonds is 5. The van der Waals surface area contributed by atoms with Gasteiger partial charge < -0.3 is 20.3 Å². The molecule has 1 heterocycles. The minimum absolute atomic E-state index is 0.0677. The molecule has 0 saturated carbocycles. The van der Waals surface area contributed by atoms with Crippen molar-refractivity contribution >= 4 is 17.9 Å². The van der Waals surface area contributed by atoms with Crippen LogP contribution in [0, 0.1) is 0 Å². The SMILES string of the molecule is CCCC(=O)NC1CCN(C(=O)CNC(=O)OC(C)(C)C)CC1. The Labute approximate surface area is 138 Å². The highest BCUT2D eigenvalue weighted by atomic mass is 16.6. The monoisotopic (exact) mass is 327 g/mol. The van der Waals surface area contributed by atoms with Gasteiger partial charge in [0.15, 0.2) is 0 Å². The van der Waals surface area contributed by atoms with Gasteiger partial charge in [-0.15, -0.1) is 0 Å². The van der Waals surface area contributed by atoms with E-state index < -0.39 is 11.7 Å². The highest BCUT2D eigenvalue weighted by Gasteiger charge is 2.24. The second-order valence-electron chi connectivity index (χ2n) is 6.83. The Hall–Kier alpha value is -1.79. The van der Waals surface area contributed by atoms with Crippen LogP contribution in [0.4, 0.5) is 4.79 Å². The number of amides is 3. The van der Waals surface area contributed by atoms with Crippen molar-refractivity contribution < 1.29 is 19.1 Å². The lowest BCUT2D eigenvalue weighted by atomic mass is 10.0. The predicted octanol–water partition coefficient (Wildman–Crippen LogP) is 1.42. The van der Waals surface area contributed by atoms with Crippen LogP contribution in [0.15, 0.2) is 0 Å². The van der Waals surface area contributed by atoms with Gasteiger partial charge in [-0.25, -0.2) is 4.79 Å². The van der Waals surface area contributed by atoms with Crippen LogP contribution < -0.4 is 10.6 Å². The molecule has 0 atom stereocenters. The smallest absolute Gasteiger partial charge is 0.408 e. The average Bonchev–Trinajstić information content (AvgIpc) is 2.44. The molecular weight excluding hydrogens is 298 g/mol. The standard InChI is InChI=1S/C16H29N3O4/c1-5-6-13(20)18-12-7-9-19(10-8-12)14(21)11-17-15(22)23-16(2,3)4/h12H,5-11H2,1-4H3,(H,17,22)(H,18,20). The zero-order valence-corrected chi connectivity index (χ0v) is 14.6. The molecule has 0 unspecified atom stereocenters. The molecule has 0 aromatic heterocycles. The van der Waals surface area contributed by atoms with Crippen molar-refractivity contribution in [3.05, 3.63) is 0 Å². The molecule has 0 spiro atoms. The molecule has 1 aliphatic rings. The first-order valence-corrected chi connectivity index (χ1v) is 8.25. The van der Waals surface area contributed by atoms with Crippen LogP contribution in [0.25, 0.3) is 0 Å². The van der Waals surface area contributed by atoms with Gasteiger partial charge in [0, 0.05) is 25.6 Å². The molecule has 0 radical (unpaired) electrons. The Kier molecular flexibility index (Phi) is 7.32. The Morgan fingerprint density at radius 1 is 1.17 bits per heavy atom. The Morgan fingerprint density at radius 2 is 1.78 bits per heavy atom. The Bertz CT molecular complexity index is 424. The molecule has 7 heteroatoms. The van der Waals surface area contributed by atoms with E-state index in [0.717, 1.165) is 19.3 Å². The lowest BCUT2D eigenvalue weighted by Gasteiger charge is -2.32. The third-order valence-electron chi connectivity index (χ3n) is 3.47. The summed E-state index contributed by atoms with van der Waals surface area (Å²) in [5.74, 6) is -0.0573. The largest absolute Gasteiger partial charge is 0.444 e. The molecule has 0 aliphatic carbocycles. The number of carbonyl (C=O) groups is 3. The lowest BCUT2D eigenvalue weighted by molar-refractivity contribution is -0.131. The van der Waals surface area contributed by atoms with Gasteiger partial charge in [0.05, 0.1) is 0 Å². The van der Waals surface area contributed by atoms with E-state index in [-0.39, 0.29) is 24.4 Å². The van der Waals surface area contributed by atoms with Crippen molar-refractivity contribution in [2.24, 2.45) is 0 Å². The van der Waals surface area contributed by atoms with E-state index in [9.17, 15) is 14.4 Å². The quantitative estimate of drug-likeness (QED) is 0.799. The summed E-state index contributed by atoms with van der Waals surface area (Å²) in [6.07, 6.45) is 2.27. The fourth-order valence-corrected chi connectivity index (χ4v) is 2.37. The van der Waals surface area contributed by atoms with E-state index in [1.807, 2.05) is 6.92 Å². The van der Waals surface area contributed by atoms with Gasteiger partial charge in [0.25, 0.3) is 0 Å². The molecule has 1 fully saturated rings. The molecule has 2 N–H and O–H groups in total. The number of carbonyl (C=O) groups excluding carboxylic acids is 3. The van der Waals surface area contributed by atoms with Gasteiger partial charge in [0.2, 0.25) is 11.8 Å². The van der Waals surface area contributed by atoms with Crippen molar-refractivity contribution in [2.45, 2.75) is 65.0 Å². The maximum absolute atomic E-state index is 12.1. The maximum Gasteiger partial charge on any atom is 0.408 e. The second kappa shape index (κ2) is 8.74. The molecule has 1 rings (SSSR count). The van der Waals surface area contributed by atoms with Crippen LogP contribution in [-0.2, 0) is 14.3 Å². The van der Waals surface area contributed by atoms with Gasteiger partial charge in [-0.3, -0.25) is 9.59 Å². The molecule has 23 heavy (non-hydrogen) atoms. The summed E-state index contributed by atoms with van der Waals surface area (Å²) in [7, 11) is 0. The van der Waals surface area contributed by atoms with Gasteiger partial charge in [-0.05, 0) is 40.0 Å². The highest BCUT2D eigenvalue weighted by molar-refractivity contribution is 5.82. The molecule has 1 aliphatic heterocycles. The number of ether oxygens (including phenoxy) is 1. The minimum atomic E-state index is -0.590. The summed E-state index contributed by atoms with van der Waals surface area (Å²) in [6, 6.07) is 0.136. The van der Waals surface area contributed by atoms with Crippen molar-refractivity contribution in [1.82, 2.24) is 15.5 Å². The van der Waals surface area contributed by atoms with Crippen LogP contribution in [0.3, 0.4) is 0 Å². The summed E-state index contributed by atoms with van der Waals surface area (Å²) >= 11 is 0. The fraction of sp³-hybridized carbons (Fsp3) is 0.812. The molecule has 0 bridgehead atoms. The first kappa shape index (κ1) is 19.3. The van der Waals surface area contributed by atoms with E-state index in [4.69, 9.17) is 4.74 Å². The number of nitrogens with one attached hydrogen (secondary N) is 2. The number of hydrogen-bond donors (Lipinski definition) is 2. The number of alkyl carbamates (subject to hydrolysis) is 1. The normalized spacial score (nSPS) is 15.9. The summed E-state index contributed by atoms with van der Waals surface area (Å²) in [6.45, 7) is 8.39. The number of nitrogens with zero attached hydrogens (tertiary/aromatic N) is 1. The topological polar surface area (TPSA) is 87.7 Å². The van der Waals surface area contributed by atoms with Crippen molar-refractivity contribution in [3.8, 4) is 0 Å². The minimum Gasteiger partial charge on any atom is -0.444 e. The highest BCUT2D eigenvalue weighted by Crippen LogP contribution is 2.11. The van der Waals surface area contributed by atoms with Crippen molar-refractivity contribution in [2.75, 3.05) is 19.6 Å². The summed E-state index contributed by atoms with van der Waals surface area (Å²) < 4.78 is 5.09. The van der Waals surface area contributed by atoms with E-state index >= 15 is 0 Å². The van der Waals surface area contributed by atoms with Gasteiger partial charge in [0.1, 0.15) is 12.1 Å². The zero-order chi connectivity index (χ0) is 17.5. The Morgan fingerprint density at radius 3 is 2.30 bits per heavy atom. The van der Waals surface area contributed by atoms with Crippen LogP contribution in [0.1, 0.15) is 53.4 Å². The van der Waals surface area contributed by atoms with Crippen LogP contribution >= 0.6 is 0 Å². The Balaban J connectivity index is 2.27. The lowest BCUT2D eigenvalue weighted by Crippen LogP contribution is -2.49. The van der Waals surface area contributed by atoms with Gasteiger partial charge >= 0.3 is 6.09 Å². The molecule has 0 aromatic rings. The molecule has 132 valence electrons. The van der Waals surface area contributed by atoms with Crippen LogP contribution in [-0.4, -0.2) is 54.1 Å². The van der Waals surface area contributed by atoms with Gasteiger partial charge in [-0.1, -0.05) is 6.92 Å². The molecule has 0 aromatic carbocycles. The third-order valence-corrected chi connectivity index (χ3v) is 3.47. The number of hydrogen-bond acceptors (Lipinski definition) is 4. The van der Waals surface area contributed by atoms with Crippen molar-refractivity contribution in [1.29, 1.82) is 0 Å². The first-order valence-electron chi connectivity index (χ1n) is 8.25. The molecule has 1 saturated heterocycles. The fourth-order valence-electron chi connectivity index (χ4n) is 2.37. The molecule has 3 amide bonds. The van der Waals surface area contributed by atoms with Gasteiger partial charge in [-0.2, -0.15) is 0 Å². The average molecular weight is 327 g/mol. The molecule has 7 nitrogen and oxygen atoms in total. The summed E-state index contributed by atoms with van der Waals surface area (Å²) in [5, 5.41) is 5.46. The molecular formula is C16H29N3O4. The summed E-state index contributed by atoms with van der Waals surface area (Å²) in [5.41, 5.74) is -0.581. The first-order chi connectivity index (χ1) is 10.7. The maximum atomic E-state index is 12.1. The van der Waals surface area contributed by atoms with E-state index in [1.165, 1.54) is 0 Å². The number of likely N-dealkylation sites (tertiary alicyclic amines) is 1. The van der Waals surface area contributed by atoms with Crippen LogP contribution in [0.2, 0.25) is 0 Å². The van der Waals surface area contributed by atoms with Crippen LogP contribution in [0.5, 0.6) is 0 Å². The van der Waals surface area contributed by atoms with E-state index in [2.05, 4.69) is 10.6 Å². The number of piperidine rings is 1. The summed E-state index contributed by atoms with van der Waals surface area (Å²) in [4.78, 5) is 36.9. The third kappa shape index (κ3) is 7.85. The van der Waals surface area contributed by atoms with Crippen molar-refractivity contribution in [3.63, 3.8) is 0 Å². The van der Waals surface area contributed by atoms with E-state index in [0.29, 0.717) is 19.5 Å². The predicted molar refractivity (Wildman–Crippen MR) is 86.9 cm³/mol. The second-order valence-corrected chi connectivity index (χ2v) is 6.83. The zero-order valence-electron chi connectivity index (χ0n) is 14.6. The van der Waals surface area contributed by atoms with E-state index in [1.54, 1.807) is 25.7 Å².